The van der Waals surface area contributed by atoms with E-state index >= 15 is 0 Å². The number of carbonyl (C=O) groups excluding carboxylic acids is 1. The number of carbonyl (C=O) groups is 1. The molecule has 0 aromatic carbocycles. The van der Waals surface area contributed by atoms with E-state index in [1.807, 2.05) is 23.6 Å². The van der Waals surface area contributed by atoms with Crippen LogP contribution in [-0.4, -0.2) is 42.0 Å². The predicted octanol–water partition coefficient (Wildman–Crippen LogP) is 2.18. The second kappa shape index (κ2) is 5.23. The van der Waals surface area contributed by atoms with Gasteiger partial charge in [-0.1, -0.05) is 6.92 Å². The maximum absolute atomic E-state index is 11.9. The maximum atomic E-state index is 11.9. The van der Waals surface area contributed by atoms with Gasteiger partial charge in [-0.25, -0.2) is 4.79 Å². The van der Waals surface area contributed by atoms with Crippen molar-refractivity contribution in [2.45, 2.75) is 33.6 Å². The first-order chi connectivity index (χ1) is 6.69. The number of amides is 2. The molecule has 1 fully saturated rings. The zero-order valence-corrected chi connectivity index (χ0v) is 9.62. The minimum absolute atomic E-state index is 0.224. The summed E-state index contributed by atoms with van der Waals surface area (Å²) in [5, 5.41) is 0. The van der Waals surface area contributed by atoms with E-state index in [-0.39, 0.29) is 6.03 Å². The Labute approximate surface area is 87.1 Å². The summed E-state index contributed by atoms with van der Waals surface area (Å²) in [5.41, 5.74) is 0. The standard InChI is InChI=1S/C11H22N2O/c1-4-12(5-2)11(14)13-8-6-10(3)7-9-13/h10H,4-9H2,1-3H3. The molecule has 0 radical (unpaired) electrons. The summed E-state index contributed by atoms with van der Waals surface area (Å²) < 4.78 is 0. The van der Waals surface area contributed by atoms with Gasteiger partial charge in [-0.3, -0.25) is 0 Å². The third-order valence-corrected chi connectivity index (χ3v) is 3.09. The Hall–Kier alpha value is -0.730. The molecule has 0 unspecified atom stereocenters. The summed E-state index contributed by atoms with van der Waals surface area (Å²) >= 11 is 0. The fraction of sp³-hybridized carbons (Fsp3) is 0.909. The Morgan fingerprint density at radius 3 is 2.21 bits per heavy atom. The molecule has 1 saturated heterocycles. The summed E-state index contributed by atoms with van der Waals surface area (Å²) in [6.45, 7) is 9.86. The van der Waals surface area contributed by atoms with Gasteiger partial charge in [0.1, 0.15) is 0 Å². The first-order valence-electron chi connectivity index (χ1n) is 5.72. The van der Waals surface area contributed by atoms with E-state index in [4.69, 9.17) is 0 Å². The highest BCUT2D eigenvalue weighted by Gasteiger charge is 2.22. The van der Waals surface area contributed by atoms with Crippen LogP contribution in [0.5, 0.6) is 0 Å². The Morgan fingerprint density at radius 2 is 1.79 bits per heavy atom. The minimum Gasteiger partial charge on any atom is -0.325 e. The van der Waals surface area contributed by atoms with Gasteiger partial charge in [-0.15, -0.1) is 0 Å². The van der Waals surface area contributed by atoms with E-state index < -0.39 is 0 Å². The molecule has 0 atom stereocenters. The van der Waals surface area contributed by atoms with Crippen LogP contribution in [0.4, 0.5) is 4.79 Å². The molecular weight excluding hydrogens is 176 g/mol. The van der Waals surface area contributed by atoms with Crippen molar-refractivity contribution < 1.29 is 4.79 Å². The van der Waals surface area contributed by atoms with Gasteiger partial charge in [-0.2, -0.15) is 0 Å². The van der Waals surface area contributed by atoms with Gasteiger partial charge in [0, 0.05) is 26.2 Å². The van der Waals surface area contributed by atoms with Crippen molar-refractivity contribution in [2.75, 3.05) is 26.2 Å². The summed E-state index contributed by atoms with van der Waals surface area (Å²) in [4.78, 5) is 15.8. The third-order valence-electron chi connectivity index (χ3n) is 3.09. The average molecular weight is 198 g/mol. The van der Waals surface area contributed by atoms with Gasteiger partial charge >= 0.3 is 6.03 Å². The highest BCUT2D eigenvalue weighted by Crippen LogP contribution is 2.17. The third kappa shape index (κ3) is 2.63. The van der Waals surface area contributed by atoms with E-state index in [2.05, 4.69) is 6.92 Å². The van der Waals surface area contributed by atoms with Crippen LogP contribution in [0.3, 0.4) is 0 Å². The summed E-state index contributed by atoms with van der Waals surface area (Å²) in [6.07, 6.45) is 2.32. The summed E-state index contributed by atoms with van der Waals surface area (Å²) in [5.74, 6) is 0.788. The fourth-order valence-electron chi connectivity index (χ4n) is 1.89. The molecule has 82 valence electrons. The molecule has 0 saturated carbocycles. The Balaban J connectivity index is 2.44. The van der Waals surface area contributed by atoms with Gasteiger partial charge in [0.05, 0.1) is 0 Å². The van der Waals surface area contributed by atoms with Crippen molar-refractivity contribution in [1.82, 2.24) is 9.80 Å². The van der Waals surface area contributed by atoms with E-state index in [9.17, 15) is 4.79 Å². The lowest BCUT2D eigenvalue weighted by atomic mass is 10.00. The van der Waals surface area contributed by atoms with Crippen LogP contribution in [0, 0.1) is 5.92 Å². The fourth-order valence-corrected chi connectivity index (χ4v) is 1.89. The molecule has 0 N–H and O–H groups in total. The molecule has 3 heteroatoms. The molecule has 0 aromatic heterocycles. The first-order valence-corrected chi connectivity index (χ1v) is 5.72. The molecule has 2 amide bonds. The SMILES string of the molecule is CCN(CC)C(=O)N1CCC(C)CC1. The lowest BCUT2D eigenvalue weighted by molar-refractivity contribution is 0.138. The van der Waals surface area contributed by atoms with Crippen LogP contribution in [0.25, 0.3) is 0 Å². The van der Waals surface area contributed by atoms with E-state index in [1.54, 1.807) is 0 Å². The van der Waals surface area contributed by atoms with Crippen molar-refractivity contribution in [3.8, 4) is 0 Å². The van der Waals surface area contributed by atoms with E-state index in [0.717, 1.165) is 44.9 Å². The summed E-state index contributed by atoms with van der Waals surface area (Å²) in [6, 6.07) is 0.224. The molecular formula is C11H22N2O. The smallest absolute Gasteiger partial charge is 0.319 e. The molecule has 0 aromatic rings. The van der Waals surface area contributed by atoms with Crippen LogP contribution >= 0.6 is 0 Å². The Kier molecular flexibility index (Phi) is 4.23. The number of rotatable bonds is 2. The van der Waals surface area contributed by atoms with Crippen LogP contribution in [0.2, 0.25) is 0 Å². The maximum Gasteiger partial charge on any atom is 0.319 e. The topological polar surface area (TPSA) is 23.6 Å². The zero-order chi connectivity index (χ0) is 10.6. The molecule has 14 heavy (non-hydrogen) atoms. The first kappa shape index (κ1) is 11.3. The minimum atomic E-state index is 0.224. The van der Waals surface area contributed by atoms with E-state index in [1.165, 1.54) is 0 Å². The number of likely N-dealkylation sites (tertiary alicyclic amines) is 1. The van der Waals surface area contributed by atoms with Crippen molar-refractivity contribution in [3.63, 3.8) is 0 Å². The van der Waals surface area contributed by atoms with Gasteiger partial charge in [0.2, 0.25) is 0 Å². The molecule has 0 aliphatic carbocycles. The van der Waals surface area contributed by atoms with Gasteiger partial charge in [0.25, 0.3) is 0 Å². The van der Waals surface area contributed by atoms with Crippen molar-refractivity contribution in [3.05, 3.63) is 0 Å². The van der Waals surface area contributed by atoms with E-state index in [0.29, 0.717) is 0 Å². The molecule has 0 bridgehead atoms. The largest absolute Gasteiger partial charge is 0.325 e. The average Bonchev–Trinajstić information content (AvgIpc) is 2.20. The van der Waals surface area contributed by atoms with Crippen LogP contribution in [-0.2, 0) is 0 Å². The number of nitrogens with zero attached hydrogens (tertiary/aromatic N) is 2. The Morgan fingerprint density at radius 1 is 1.29 bits per heavy atom. The van der Waals surface area contributed by atoms with Crippen molar-refractivity contribution in [2.24, 2.45) is 5.92 Å². The van der Waals surface area contributed by atoms with Gasteiger partial charge in [-0.05, 0) is 32.6 Å². The van der Waals surface area contributed by atoms with Crippen molar-refractivity contribution in [1.29, 1.82) is 0 Å². The van der Waals surface area contributed by atoms with Crippen LogP contribution in [0.15, 0.2) is 0 Å². The molecule has 1 rings (SSSR count). The number of urea groups is 1. The van der Waals surface area contributed by atoms with Crippen LogP contribution < -0.4 is 0 Å². The van der Waals surface area contributed by atoms with Crippen molar-refractivity contribution >= 4 is 6.03 Å². The van der Waals surface area contributed by atoms with Crippen LogP contribution in [0.1, 0.15) is 33.6 Å². The lowest BCUT2D eigenvalue weighted by Crippen LogP contribution is -2.46. The Bertz CT molecular complexity index is 182. The number of piperidine rings is 1. The van der Waals surface area contributed by atoms with Gasteiger partial charge < -0.3 is 9.80 Å². The number of hydrogen-bond acceptors (Lipinski definition) is 1. The highest BCUT2D eigenvalue weighted by atomic mass is 16.2. The number of hydrogen-bond donors (Lipinski definition) is 0. The molecule has 1 aliphatic rings. The second-order valence-electron chi connectivity index (χ2n) is 4.12. The zero-order valence-electron chi connectivity index (χ0n) is 9.62. The molecule has 1 aliphatic heterocycles. The normalized spacial score (nSPS) is 18.4. The van der Waals surface area contributed by atoms with Gasteiger partial charge in [0.15, 0.2) is 0 Å². The monoisotopic (exact) mass is 198 g/mol. The molecule has 1 heterocycles. The lowest BCUT2D eigenvalue weighted by Gasteiger charge is -2.34. The molecule has 0 spiro atoms. The quantitative estimate of drug-likeness (QED) is 0.667. The predicted molar refractivity (Wildman–Crippen MR) is 58.3 cm³/mol. The second-order valence-corrected chi connectivity index (χ2v) is 4.12. The summed E-state index contributed by atoms with van der Waals surface area (Å²) in [7, 11) is 0. The molecule has 3 nitrogen and oxygen atoms in total. The highest BCUT2D eigenvalue weighted by molar-refractivity contribution is 5.74.